The number of halogens is 1. The lowest BCUT2D eigenvalue weighted by Gasteiger charge is -2.17. The molecule has 1 atom stereocenters. The summed E-state index contributed by atoms with van der Waals surface area (Å²) in [7, 11) is 0. The molecular weight excluding hydrogens is 268 g/mol. The van der Waals surface area contributed by atoms with E-state index < -0.39 is 0 Å². The molecule has 0 saturated carbocycles. The molecule has 0 radical (unpaired) electrons. The Labute approximate surface area is 125 Å². The van der Waals surface area contributed by atoms with Crippen LogP contribution in [0.25, 0.3) is 0 Å². The maximum atomic E-state index is 6.24. The van der Waals surface area contributed by atoms with E-state index in [0.29, 0.717) is 0 Å². The van der Waals surface area contributed by atoms with Crippen LogP contribution in [0.4, 0.5) is 5.69 Å². The van der Waals surface area contributed by atoms with Gasteiger partial charge in [0.1, 0.15) is 0 Å². The molecule has 2 N–H and O–H groups in total. The van der Waals surface area contributed by atoms with Gasteiger partial charge in [0.05, 0.1) is 0 Å². The van der Waals surface area contributed by atoms with Crippen molar-refractivity contribution in [1.82, 2.24) is 5.32 Å². The second-order valence-electron chi connectivity index (χ2n) is 5.25. The Balaban J connectivity index is 1.71. The molecule has 0 amide bonds. The molecule has 20 heavy (non-hydrogen) atoms. The van der Waals surface area contributed by atoms with Crippen molar-refractivity contribution < 1.29 is 0 Å². The average Bonchev–Trinajstić information content (AvgIpc) is 2.94. The topological polar surface area (TPSA) is 24.1 Å². The van der Waals surface area contributed by atoms with Crippen LogP contribution in [-0.2, 0) is 13.0 Å². The molecule has 1 heterocycles. The van der Waals surface area contributed by atoms with E-state index in [4.69, 9.17) is 11.6 Å². The molecule has 2 nitrogen and oxygen atoms in total. The van der Waals surface area contributed by atoms with Gasteiger partial charge in [0, 0.05) is 29.8 Å². The molecule has 1 aliphatic rings. The Morgan fingerprint density at radius 2 is 2.05 bits per heavy atom. The van der Waals surface area contributed by atoms with Crippen LogP contribution < -0.4 is 10.6 Å². The molecule has 2 aromatic rings. The van der Waals surface area contributed by atoms with Crippen LogP contribution in [0.3, 0.4) is 0 Å². The van der Waals surface area contributed by atoms with Gasteiger partial charge in [-0.05, 0) is 36.1 Å². The first-order chi connectivity index (χ1) is 9.75. The fourth-order valence-corrected chi connectivity index (χ4v) is 3.06. The Kier molecular flexibility index (Phi) is 3.95. The normalized spacial score (nSPS) is 14.7. The quantitative estimate of drug-likeness (QED) is 0.882. The van der Waals surface area contributed by atoms with Gasteiger partial charge in [-0.25, -0.2) is 0 Å². The number of para-hydroxylation sites is 1. The fraction of sp³-hybridized carbons (Fsp3) is 0.294. The molecule has 104 valence electrons. The predicted molar refractivity (Wildman–Crippen MR) is 85.3 cm³/mol. The van der Waals surface area contributed by atoms with Crippen LogP contribution in [0.5, 0.6) is 0 Å². The summed E-state index contributed by atoms with van der Waals surface area (Å²) >= 11 is 6.24. The van der Waals surface area contributed by atoms with Gasteiger partial charge in [0.2, 0.25) is 0 Å². The maximum Gasteiger partial charge on any atom is 0.0453 e. The lowest BCUT2D eigenvalue weighted by atomic mass is 10.1. The van der Waals surface area contributed by atoms with Crippen molar-refractivity contribution in [3.8, 4) is 0 Å². The summed E-state index contributed by atoms with van der Waals surface area (Å²) in [4.78, 5) is 0. The molecule has 0 saturated heterocycles. The highest BCUT2D eigenvalue weighted by Gasteiger charge is 2.14. The first-order valence-electron chi connectivity index (χ1n) is 7.08. The van der Waals surface area contributed by atoms with Gasteiger partial charge in [-0.2, -0.15) is 0 Å². The van der Waals surface area contributed by atoms with Crippen molar-refractivity contribution in [2.45, 2.75) is 25.9 Å². The summed E-state index contributed by atoms with van der Waals surface area (Å²) in [5.74, 6) is 0. The first-order valence-corrected chi connectivity index (χ1v) is 7.46. The van der Waals surface area contributed by atoms with E-state index in [0.717, 1.165) is 30.1 Å². The third kappa shape index (κ3) is 2.67. The molecule has 3 rings (SSSR count). The van der Waals surface area contributed by atoms with Crippen molar-refractivity contribution in [2.24, 2.45) is 0 Å². The maximum absolute atomic E-state index is 6.24. The Hall–Kier alpha value is -1.51. The molecule has 0 fully saturated rings. The van der Waals surface area contributed by atoms with E-state index in [1.54, 1.807) is 0 Å². The van der Waals surface area contributed by atoms with Crippen molar-refractivity contribution >= 4 is 17.3 Å². The smallest absolute Gasteiger partial charge is 0.0453 e. The Bertz CT molecular complexity index is 610. The first kappa shape index (κ1) is 13.5. The van der Waals surface area contributed by atoms with Crippen LogP contribution >= 0.6 is 11.6 Å². The highest BCUT2D eigenvalue weighted by molar-refractivity contribution is 6.31. The van der Waals surface area contributed by atoms with Crippen molar-refractivity contribution in [3.63, 3.8) is 0 Å². The number of nitrogens with one attached hydrogen (secondary N) is 2. The second kappa shape index (κ2) is 5.86. The molecule has 0 aromatic heterocycles. The van der Waals surface area contributed by atoms with E-state index in [9.17, 15) is 0 Å². The molecule has 0 spiro atoms. The van der Waals surface area contributed by atoms with E-state index in [-0.39, 0.29) is 6.04 Å². The van der Waals surface area contributed by atoms with Crippen LogP contribution in [0.2, 0.25) is 5.02 Å². The number of hydrogen-bond donors (Lipinski definition) is 2. The standard InChI is InChI=1S/C17H19ClN2/c1-12(15-7-2-3-8-16(15)18)20-11-14-6-4-5-13-9-10-19-17(13)14/h2-8,12,19-20H,9-11H2,1H3/t12-/m0/s1. The fourth-order valence-electron chi connectivity index (χ4n) is 2.76. The second-order valence-corrected chi connectivity index (χ2v) is 5.66. The summed E-state index contributed by atoms with van der Waals surface area (Å²) in [6.45, 7) is 4.05. The third-order valence-corrected chi connectivity index (χ3v) is 4.25. The number of hydrogen-bond acceptors (Lipinski definition) is 2. The average molecular weight is 287 g/mol. The van der Waals surface area contributed by atoms with E-state index >= 15 is 0 Å². The van der Waals surface area contributed by atoms with Crippen molar-refractivity contribution in [2.75, 3.05) is 11.9 Å². The summed E-state index contributed by atoms with van der Waals surface area (Å²) < 4.78 is 0. The minimum absolute atomic E-state index is 0.237. The Morgan fingerprint density at radius 3 is 2.90 bits per heavy atom. The van der Waals surface area contributed by atoms with Gasteiger partial charge in [0.25, 0.3) is 0 Å². The highest BCUT2D eigenvalue weighted by atomic mass is 35.5. The summed E-state index contributed by atoms with van der Waals surface area (Å²) in [5.41, 5.74) is 5.22. The van der Waals surface area contributed by atoms with E-state index in [1.807, 2.05) is 18.2 Å². The third-order valence-electron chi connectivity index (χ3n) is 3.90. The van der Waals surface area contributed by atoms with Crippen molar-refractivity contribution in [1.29, 1.82) is 0 Å². The van der Waals surface area contributed by atoms with Gasteiger partial charge in [-0.1, -0.05) is 48.0 Å². The molecule has 0 aliphatic carbocycles. The van der Waals surface area contributed by atoms with E-state index in [2.05, 4.69) is 41.8 Å². The van der Waals surface area contributed by atoms with Crippen LogP contribution in [-0.4, -0.2) is 6.54 Å². The molecule has 1 aliphatic heterocycles. The van der Waals surface area contributed by atoms with Crippen LogP contribution in [0.1, 0.15) is 29.7 Å². The van der Waals surface area contributed by atoms with Gasteiger partial charge in [-0.15, -0.1) is 0 Å². The predicted octanol–water partition coefficient (Wildman–Crippen LogP) is 4.16. The SMILES string of the molecule is C[C@H](NCc1cccc2c1NCC2)c1ccccc1Cl. The zero-order valence-corrected chi connectivity index (χ0v) is 12.4. The molecule has 0 bridgehead atoms. The largest absolute Gasteiger partial charge is 0.384 e. The zero-order chi connectivity index (χ0) is 13.9. The van der Waals surface area contributed by atoms with Gasteiger partial charge in [-0.3, -0.25) is 0 Å². The minimum atomic E-state index is 0.237. The summed E-state index contributed by atoms with van der Waals surface area (Å²) in [5, 5.41) is 7.86. The van der Waals surface area contributed by atoms with Crippen LogP contribution in [0, 0.1) is 0 Å². The van der Waals surface area contributed by atoms with Gasteiger partial charge >= 0.3 is 0 Å². The molecule has 2 aromatic carbocycles. The minimum Gasteiger partial charge on any atom is -0.384 e. The number of benzene rings is 2. The monoisotopic (exact) mass is 286 g/mol. The lowest BCUT2D eigenvalue weighted by Crippen LogP contribution is -2.19. The number of rotatable bonds is 4. The van der Waals surface area contributed by atoms with E-state index in [1.165, 1.54) is 16.8 Å². The van der Waals surface area contributed by atoms with Crippen LogP contribution in [0.15, 0.2) is 42.5 Å². The number of anilines is 1. The zero-order valence-electron chi connectivity index (χ0n) is 11.6. The summed E-state index contributed by atoms with van der Waals surface area (Å²) in [6.07, 6.45) is 1.13. The lowest BCUT2D eigenvalue weighted by molar-refractivity contribution is 0.575. The molecular formula is C17H19ClN2. The summed E-state index contributed by atoms with van der Waals surface area (Å²) in [6, 6.07) is 14.8. The van der Waals surface area contributed by atoms with Crippen molar-refractivity contribution in [3.05, 3.63) is 64.2 Å². The Morgan fingerprint density at radius 1 is 1.20 bits per heavy atom. The highest BCUT2D eigenvalue weighted by Crippen LogP contribution is 2.27. The number of fused-ring (bicyclic) bond motifs is 1. The molecule has 0 unspecified atom stereocenters. The molecule has 3 heteroatoms. The van der Waals surface area contributed by atoms with Gasteiger partial charge < -0.3 is 10.6 Å². The van der Waals surface area contributed by atoms with Gasteiger partial charge in [0.15, 0.2) is 0 Å².